The average Bonchev–Trinajstić information content (AvgIpc) is 1.46. The van der Waals surface area contributed by atoms with Crippen molar-refractivity contribution in [3.63, 3.8) is 0 Å². The fourth-order valence-corrected chi connectivity index (χ4v) is 0. The monoisotopic (exact) mass is 170 g/mol. The van der Waals surface area contributed by atoms with Gasteiger partial charge in [0.1, 0.15) is 0 Å². The van der Waals surface area contributed by atoms with Crippen LogP contribution in [0.15, 0.2) is 0 Å². The molecule has 7 heavy (non-hydrogen) atoms. The Bertz CT molecular complexity index is 41.0. The van der Waals surface area contributed by atoms with Crippen LogP contribution in [0.25, 0.3) is 0 Å². The van der Waals surface area contributed by atoms with Gasteiger partial charge in [0.15, 0.2) is 0 Å². The molecule has 0 aliphatic heterocycles. The van der Waals surface area contributed by atoms with E-state index in [1.54, 1.807) is 0 Å². The molecule has 0 amide bonds. The van der Waals surface area contributed by atoms with Crippen LogP contribution in [0, 0.1) is 0 Å². The second-order valence-electron chi connectivity index (χ2n) is 0.0833. The molecule has 0 aromatic heterocycles. The fourth-order valence-electron chi connectivity index (χ4n) is 0. The van der Waals surface area contributed by atoms with E-state index in [9.17, 15) is 0 Å². The van der Waals surface area contributed by atoms with Gasteiger partial charge < -0.3 is 5.48 Å². The van der Waals surface area contributed by atoms with Crippen LogP contribution in [0.2, 0.25) is 0 Å². The summed E-state index contributed by atoms with van der Waals surface area (Å²) in [6, 6.07) is 0. The van der Waals surface area contributed by atoms with Crippen LogP contribution in [0.1, 0.15) is 0 Å². The Labute approximate surface area is 56.1 Å². The SMILES string of the molecule is B=O.O.O=[Si]=O.[Zn]. The Morgan fingerprint density at radius 1 is 1.14 bits per heavy atom. The summed E-state index contributed by atoms with van der Waals surface area (Å²) < 4.78 is 24.8. The van der Waals surface area contributed by atoms with Crippen LogP contribution in [-0.2, 0) is 33.1 Å². The molecule has 2 N–H and O–H groups in total. The summed E-state index contributed by atoms with van der Waals surface area (Å²) in [7, 11) is 0.583. The van der Waals surface area contributed by atoms with E-state index < -0.39 is 9.29 Å². The van der Waals surface area contributed by atoms with Gasteiger partial charge in [0.05, 0.1) is 0 Å². The normalized spacial score (nSPS) is 1.57. The van der Waals surface area contributed by atoms with Gasteiger partial charge in [0, 0.05) is 19.5 Å². The van der Waals surface area contributed by atoms with Crippen molar-refractivity contribution in [1.82, 2.24) is 0 Å². The first kappa shape index (κ1) is 26.7. The fraction of sp³-hybridized carbons (Fsp3) is 0. The number of hydrogen-bond donors (Lipinski definition) is 0. The second kappa shape index (κ2) is 109. The van der Waals surface area contributed by atoms with E-state index in [0.717, 1.165) is 0 Å². The minimum Gasteiger partial charge on any atom is -0.412 e. The smallest absolute Gasteiger partial charge is 0.412 e. The van der Waals surface area contributed by atoms with Gasteiger partial charge in [-0.2, -0.15) is 0 Å². The summed E-state index contributed by atoms with van der Waals surface area (Å²) in [6.07, 6.45) is 0. The van der Waals surface area contributed by atoms with Crippen molar-refractivity contribution < 1.29 is 38.6 Å². The van der Waals surface area contributed by atoms with E-state index in [2.05, 4.69) is 0 Å². The predicted molar refractivity (Wildman–Crippen MR) is 18.6 cm³/mol. The molecule has 0 bridgehead atoms. The molecule has 0 rings (SSSR count). The van der Waals surface area contributed by atoms with Crippen LogP contribution < -0.4 is 0 Å². The maximum atomic E-state index is 8.40. The Hall–Kier alpha value is 0.265. The quantitative estimate of drug-likeness (QED) is 0.387. The van der Waals surface area contributed by atoms with Crippen LogP contribution in [0.5, 0.6) is 0 Å². The molecule has 0 unspecified atom stereocenters. The maximum Gasteiger partial charge on any atom is 0.549 e. The molecule has 0 radical (unpaired) electrons. The van der Waals surface area contributed by atoms with E-state index in [4.69, 9.17) is 13.6 Å². The third-order valence-electron chi connectivity index (χ3n) is 0. The zero-order valence-electron chi connectivity index (χ0n) is 3.64. The number of hydrogen-bond acceptors (Lipinski definition) is 3. The largest absolute Gasteiger partial charge is 0.549 e. The third-order valence-corrected chi connectivity index (χ3v) is 0. The molecule has 0 aromatic rings. The van der Waals surface area contributed by atoms with Gasteiger partial charge in [0.2, 0.25) is 0 Å². The zero-order valence-corrected chi connectivity index (χ0v) is 7.61. The van der Waals surface area contributed by atoms with Crippen molar-refractivity contribution in [2.24, 2.45) is 0 Å². The van der Waals surface area contributed by atoms with Crippen molar-refractivity contribution in [2.45, 2.75) is 0 Å². The molecule has 0 saturated carbocycles. The van der Waals surface area contributed by atoms with Gasteiger partial charge in [-0.15, -0.1) is 0 Å². The van der Waals surface area contributed by atoms with E-state index in [1.807, 2.05) is 7.72 Å². The van der Waals surface area contributed by atoms with Crippen molar-refractivity contribution in [3.8, 4) is 0 Å². The summed E-state index contributed by atoms with van der Waals surface area (Å²) in [5, 5.41) is 0. The number of rotatable bonds is 0. The summed E-state index contributed by atoms with van der Waals surface area (Å²) in [6.45, 7) is 0. The van der Waals surface area contributed by atoms with Crippen molar-refractivity contribution in [2.75, 3.05) is 0 Å². The molecule has 7 heteroatoms. The van der Waals surface area contributed by atoms with Gasteiger partial charge in [0.25, 0.3) is 0 Å². The van der Waals surface area contributed by atoms with Crippen molar-refractivity contribution in [3.05, 3.63) is 0 Å². The second-order valence-corrected chi connectivity index (χ2v) is 0.250. The van der Waals surface area contributed by atoms with Gasteiger partial charge >= 0.3 is 21.7 Å². The molecule has 0 heterocycles. The Balaban J connectivity index is -0.0000000105. The van der Waals surface area contributed by atoms with Crippen molar-refractivity contribution >= 4 is 17.0 Å². The average molecular weight is 171 g/mol. The predicted octanol–water partition coefficient (Wildman–Crippen LogP) is -2.21. The standard InChI is InChI=1S/BHO.O2Si.H2O.Zn/c1-2;1-3-2;;/h1H;;1H2;. The summed E-state index contributed by atoms with van der Waals surface area (Å²) in [5.74, 6) is 0. The molecule has 0 atom stereocenters. The maximum absolute atomic E-state index is 8.40. The van der Waals surface area contributed by atoms with Gasteiger partial charge in [-0.3, -0.25) is 8.92 Å². The van der Waals surface area contributed by atoms with Gasteiger partial charge in [-0.05, 0) is 0 Å². The third kappa shape index (κ3) is 1620. The molecule has 0 aliphatic carbocycles. The summed E-state index contributed by atoms with van der Waals surface area (Å²) in [4.78, 5) is 0. The molecule has 4 nitrogen and oxygen atoms in total. The molecule has 36 valence electrons. The molecule has 0 aliphatic rings. The summed E-state index contributed by atoms with van der Waals surface area (Å²) in [5.41, 5.74) is 0. The van der Waals surface area contributed by atoms with Crippen LogP contribution in [0.3, 0.4) is 0 Å². The van der Waals surface area contributed by atoms with Crippen molar-refractivity contribution in [1.29, 1.82) is 0 Å². The minimum absolute atomic E-state index is 0. The summed E-state index contributed by atoms with van der Waals surface area (Å²) >= 11 is 0. The van der Waals surface area contributed by atoms with Gasteiger partial charge in [-0.25, -0.2) is 0 Å². The Morgan fingerprint density at radius 3 is 1.14 bits per heavy atom. The molecule has 0 aromatic carbocycles. The van der Waals surface area contributed by atoms with E-state index >= 15 is 0 Å². The molecule has 0 fully saturated rings. The van der Waals surface area contributed by atoms with Crippen LogP contribution in [0.4, 0.5) is 0 Å². The topological polar surface area (TPSA) is 82.7 Å². The minimum atomic E-state index is -1.42. The zero-order chi connectivity index (χ0) is 4.71. The van der Waals surface area contributed by atoms with E-state index in [-0.39, 0.29) is 25.0 Å². The van der Waals surface area contributed by atoms with E-state index in [0.29, 0.717) is 0 Å². The molecular formula is H3BO4SiZn. The molecule has 0 saturated heterocycles. The molecule has 0 spiro atoms. The van der Waals surface area contributed by atoms with E-state index in [1.165, 1.54) is 0 Å². The van der Waals surface area contributed by atoms with Crippen LogP contribution in [-0.4, -0.2) is 22.5 Å². The first-order chi connectivity index (χ1) is 2.41. The van der Waals surface area contributed by atoms with Crippen LogP contribution >= 0.6 is 0 Å². The first-order valence-electron chi connectivity index (χ1n) is 0.697. The van der Waals surface area contributed by atoms with Gasteiger partial charge in [-0.1, -0.05) is 0 Å². The first-order valence-corrected chi connectivity index (χ1v) is 1.51. The molecular weight excluding hydrogens is 168 g/mol. The Kier molecular flexibility index (Phi) is 415. The Morgan fingerprint density at radius 2 is 1.14 bits per heavy atom.